The average molecular weight is 893 g/mol. The Hall–Kier alpha value is -5.30. The minimum absolute atomic E-state index is 0.0616. The van der Waals surface area contributed by atoms with Crippen LogP contribution >= 0.6 is 0 Å². The van der Waals surface area contributed by atoms with Crippen LogP contribution in [0.3, 0.4) is 0 Å². The smallest absolute Gasteiger partial charge is 0.333 e. The Morgan fingerprint density at radius 2 is 1.25 bits per heavy atom. The van der Waals surface area contributed by atoms with Crippen LogP contribution in [0.25, 0.3) is 11.1 Å². The topological polar surface area (TPSA) is 150 Å². The van der Waals surface area contributed by atoms with E-state index in [1.54, 1.807) is 19.9 Å². The van der Waals surface area contributed by atoms with Crippen molar-refractivity contribution >= 4 is 29.8 Å². The van der Waals surface area contributed by atoms with Gasteiger partial charge < -0.3 is 33.2 Å². The largest absolute Gasteiger partial charge is 0.492 e. The van der Waals surface area contributed by atoms with Crippen LogP contribution in [0.4, 0.5) is 4.39 Å². The molecule has 0 amide bonds. The Morgan fingerprint density at radius 1 is 0.688 bits per heavy atom. The number of carbonyl (C=O) groups excluding carboxylic acids is 5. The Kier molecular flexibility index (Phi) is 22.5. The van der Waals surface area contributed by atoms with Crippen LogP contribution in [0.15, 0.2) is 66.8 Å². The van der Waals surface area contributed by atoms with Crippen LogP contribution in [0.2, 0.25) is 0 Å². The first-order valence-electron chi connectivity index (χ1n) is 22.3. The highest BCUT2D eigenvalue weighted by atomic mass is 19.1. The van der Waals surface area contributed by atoms with Gasteiger partial charge in [0.25, 0.3) is 0 Å². The molecular weight excluding hydrogens is 824 g/mol. The zero-order chi connectivity index (χ0) is 47.2. The van der Waals surface area contributed by atoms with E-state index < -0.39 is 41.7 Å². The van der Waals surface area contributed by atoms with Gasteiger partial charge in [0.2, 0.25) is 0 Å². The van der Waals surface area contributed by atoms with Crippen LogP contribution < -0.4 is 4.74 Å². The number of unbranched alkanes of at least 4 members (excludes halogenated alkanes) is 2. The summed E-state index contributed by atoms with van der Waals surface area (Å²) in [7, 11) is 2.57. The summed E-state index contributed by atoms with van der Waals surface area (Å²) in [6, 6.07) is 9.19. The van der Waals surface area contributed by atoms with Gasteiger partial charge in [-0.05, 0) is 124 Å². The third kappa shape index (κ3) is 17.3. The predicted octanol–water partition coefficient (Wildman–Crippen LogP) is 9.69. The summed E-state index contributed by atoms with van der Waals surface area (Å²) in [6.07, 6.45) is 10.1. The zero-order valence-corrected chi connectivity index (χ0v) is 38.9. The van der Waals surface area contributed by atoms with E-state index in [0.29, 0.717) is 59.6 Å². The van der Waals surface area contributed by atoms with E-state index in [2.05, 4.69) is 31.4 Å². The summed E-state index contributed by atoms with van der Waals surface area (Å²) in [5.41, 5.74) is 2.62. The average Bonchev–Trinajstić information content (AvgIpc) is 3.27. The van der Waals surface area contributed by atoms with Gasteiger partial charge in [0.05, 0.1) is 32.3 Å². The number of carbonyl (C=O) groups is 5. The molecule has 0 spiro atoms. The summed E-state index contributed by atoms with van der Waals surface area (Å²) in [6.45, 7) is 16.9. The Balaban J connectivity index is 2.10. The highest BCUT2D eigenvalue weighted by Gasteiger charge is 2.37. The van der Waals surface area contributed by atoms with Crippen molar-refractivity contribution in [2.45, 2.75) is 117 Å². The second-order valence-corrected chi connectivity index (χ2v) is 17.1. The van der Waals surface area contributed by atoms with Gasteiger partial charge in [-0.3, -0.25) is 9.59 Å². The standard InChI is InChI=1S/C51H69FO12/c1-10-11-12-15-37-18-20-38(21-19-37)39-22-23-43(44(52)28-39)42-26-40(16-13-24-60-48(55)34(2)3)47(41(27-42)17-14-25-61-49(56)35(4)5)63-32-51(30-58-8,33-64-50(57)36(6)7)31-62-46(54)29-45(53)59-9/h22-23,26-28,37-38H,2,4,6,10-21,24-25,29-33H2,1,3,5,7-9H3. The molecule has 0 bridgehead atoms. The van der Waals surface area contributed by atoms with Crippen LogP contribution in [0, 0.1) is 17.2 Å². The second-order valence-electron chi connectivity index (χ2n) is 17.1. The van der Waals surface area contributed by atoms with E-state index in [4.69, 9.17) is 28.4 Å². The van der Waals surface area contributed by atoms with Crippen molar-refractivity contribution in [3.63, 3.8) is 0 Å². The number of ether oxygens (including phenoxy) is 7. The summed E-state index contributed by atoms with van der Waals surface area (Å²) >= 11 is 0. The first-order valence-corrected chi connectivity index (χ1v) is 22.3. The molecule has 3 rings (SSSR count). The van der Waals surface area contributed by atoms with Gasteiger partial charge in [-0.2, -0.15) is 0 Å². The quantitative estimate of drug-likeness (QED) is 0.0263. The highest BCUT2D eigenvalue weighted by molar-refractivity contribution is 5.91. The van der Waals surface area contributed by atoms with Crippen molar-refractivity contribution in [2.75, 3.05) is 53.9 Å². The molecule has 0 aromatic heterocycles. The Labute approximate surface area is 378 Å². The summed E-state index contributed by atoms with van der Waals surface area (Å²) in [5.74, 6) is -2.35. The van der Waals surface area contributed by atoms with Crippen LogP contribution in [-0.4, -0.2) is 83.7 Å². The summed E-state index contributed by atoms with van der Waals surface area (Å²) in [4.78, 5) is 61.7. The normalized spacial score (nSPS) is 15.5. The van der Waals surface area contributed by atoms with Crippen molar-refractivity contribution < 1.29 is 61.5 Å². The molecule has 1 aliphatic rings. The number of methoxy groups -OCH3 is 2. The lowest BCUT2D eigenvalue weighted by Gasteiger charge is -2.32. The van der Waals surface area contributed by atoms with Crippen molar-refractivity contribution in [3.05, 3.63) is 89.3 Å². The van der Waals surface area contributed by atoms with Crippen LogP contribution in [-0.2, 0) is 65.2 Å². The first-order chi connectivity index (χ1) is 30.5. The molecule has 0 radical (unpaired) electrons. The molecule has 1 atom stereocenters. The van der Waals surface area contributed by atoms with E-state index >= 15 is 4.39 Å². The van der Waals surface area contributed by atoms with Crippen molar-refractivity contribution in [2.24, 2.45) is 11.3 Å². The molecule has 12 nitrogen and oxygen atoms in total. The lowest BCUT2D eigenvalue weighted by atomic mass is 9.77. The van der Waals surface area contributed by atoms with Crippen molar-refractivity contribution in [1.29, 1.82) is 0 Å². The molecule has 352 valence electrons. The zero-order valence-electron chi connectivity index (χ0n) is 38.9. The SMILES string of the molecule is C=C(C)C(=O)OCCCc1cc(-c2ccc(C3CCC(CCCCC)CC3)cc2F)cc(CCCOC(=O)C(=C)C)c1OCC(COC)(COC(=O)CC(=O)OC)COC(=O)C(=C)C. The maximum Gasteiger partial charge on any atom is 0.333 e. The third-order valence-corrected chi connectivity index (χ3v) is 11.3. The van der Waals surface area contributed by atoms with Gasteiger partial charge in [-0.15, -0.1) is 0 Å². The lowest BCUT2D eigenvalue weighted by molar-refractivity contribution is -0.160. The number of aryl methyl sites for hydroxylation is 2. The van der Waals surface area contributed by atoms with E-state index in [9.17, 15) is 24.0 Å². The van der Waals surface area contributed by atoms with Crippen molar-refractivity contribution in [1.82, 2.24) is 0 Å². The van der Waals surface area contributed by atoms with Crippen LogP contribution in [0.5, 0.6) is 5.75 Å². The maximum absolute atomic E-state index is 16.4. The maximum atomic E-state index is 16.4. The summed E-state index contributed by atoms with van der Waals surface area (Å²) in [5, 5.41) is 0. The lowest BCUT2D eigenvalue weighted by Crippen LogP contribution is -2.44. The minimum atomic E-state index is -1.30. The molecule has 13 heteroatoms. The molecule has 2 aromatic carbocycles. The monoisotopic (exact) mass is 892 g/mol. The number of halogens is 1. The molecule has 1 fully saturated rings. The molecule has 1 saturated carbocycles. The van der Waals surface area contributed by atoms with Crippen molar-refractivity contribution in [3.8, 4) is 16.9 Å². The number of hydrogen-bond donors (Lipinski definition) is 0. The third-order valence-electron chi connectivity index (χ3n) is 11.3. The second kappa shape index (κ2) is 27.1. The van der Waals surface area contributed by atoms with Gasteiger partial charge in [0.1, 0.15) is 37.8 Å². The first kappa shape index (κ1) is 53.0. The highest BCUT2D eigenvalue weighted by Crippen LogP contribution is 2.40. The van der Waals surface area contributed by atoms with Gasteiger partial charge in [0, 0.05) is 29.4 Å². The van der Waals surface area contributed by atoms with Gasteiger partial charge in [0.15, 0.2) is 0 Å². The van der Waals surface area contributed by atoms with E-state index in [0.717, 1.165) is 44.3 Å². The molecule has 1 unspecified atom stereocenters. The Morgan fingerprint density at radius 3 is 1.77 bits per heavy atom. The number of benzene rings is 2. The van der Waals surface area contributed by atoms with E-state index in [1.165, 1.54) is 39.7 Å². The number of hydrogen-bond acceptors (Lipinski definition) is 12. The summed E-state index contributed by atoms with van der Waals surface area (Å²) < 4.78 is 55.2. The van der Waals surface area contributed by atoms with Gasteiger partial charge in [-0.1, -0.05) is 64.5 Å². The molecule has 0 heterocycles. The van der Waals surface area contributed by atoms with Crippen LogP contribution in [0.1, 0.15) is 121 Å². The molecule has 0 aliphatic heterocycles. The predicted molar refractivity (Wildman–Crippen MR) is 242 cm³/mol. The molecular formula is C51H69FO12. The fraction of sp³-hybridized carbons (Fsp3) is 0.549. The molecule has 0 saturated heterocycles. The fourth-order valence-electron chi connectivity index (χ4n) is 7.65. The molecule has 0 N–H and O–H groups in total. The van der Waals surface area contributed by atoms with Gasteiger partial charge in [-0.25, -0.2) is 18.8 Å². The molecule has 2 aromatic rings. The number of esters is 5. The minimum Gasteiger partial charge on any atom is -0.492 e. The van der Waals surface area contributed by atoms with E-state index in [1.807, 2.05) is 24.3 Å². The van der Waals surface area contributed by atoms with Gasteiger partial charge >= 0.3 is 29.8 Å². The Bertz CT molecular complexity index is 1890. The van der Waals surface area contributed by atoms with E-state index in [-0.39, 0.29) is 62.2 Å². The molecule has 64 heavy (non-hydrogen) atoms. The molecule has 1 aliphatic carbocycles. The number of rotatable bonds is 28. The fourth-order valence-corrected chi connectivity index (χ4v) is 7.65.